The van der Waals surface area contributed by atoms with Crippen molar-refractivity contribution >= 4 is 15.4 Å². The van der Waals surface area contributed by atoms with Crippen molar-refractivity contribution in [1.82, 2.24) is 0 Å². The summed E-state index contributed by atoms with van der Waals surface area (Å²) >= 11 is 0. The molecule has 112 valence electrons. The van der Waals surface area contributed by atoms with E-state index in [1.807, 2.05) is 14.2 Å². The molecule has 1 unspecified atom stereocenters. The Labute approximate surface area is 129 Å². The standard InChI is InChI=1S/C18H24O2Si/c1-19-21(20-2)17-15-6-4-3-5-14(15)11-16(17)18-9-7-13(12-18)8-10-18/h3-6,11,13,17,21H,7-10,12H2,1-2H3. The van der Waals surface area contributed by atoms with Crippen molar-refractivity contribution in [3.63, 3.8) is 0 Å². The molecule has 0 amide bonds. The highest BCUT2D eigenvalue weighted by Gasteiger charge is 2.52. The molecular formula is C18H24O2Si. The SMILES string of the molecule is CO[SiH](OC)C1C(C23CCC(CC2)C3)=Cc2ccccc21. The quantitative estimate of drug-likeness (QED) is 0.788. The van der Waals surface area contributed by atoms with E-state index in [1.54, 1.807) is 5.57 Å². The second-order valence-corrected chi connectivity index (χ2v) is 9.32. The third kappa shape index (κ3) is 1.98. The molecule has 3 heteroatoms. The van der Waals surface area contributed by atoms with Crippen LogP contribution < -0.4 is 0 Å². The molecule has 0 heterocycles. The van der Waals surface area contributed by atoms with Crippen LogP contribution in [0.3, 0.4) is 0 Å². The zero-order chi connectivity index (χ0) is 14.4. The van der Waals surface area contributed by atoms with Gasteiger partial charge in [-0.25, -0.2) is 0 Å². The van der Waals surface area contributed by atoms with Crippen LogP contribution in [0.2, 0.25) is 0 Å². The Hall–Kier alpha value is -0.903. The minimum Gasteiger partial charge on any atom is -0.399 e. The molecule has 0 N–H and O–H groups in total. The maximum atomic E-state index is 5.81. The first-order valence-electron chi connectivity index (χ1n) is 8.14. The van der Waals surface area contributed by atoms with E-state index in [0.717, 1.165) is 5.92 Å². The van der Waals surface area contributed by atoms with Gasteiger partial charge in [-0.15, -0.1) is 0 Å². The monoisotopic (exact) mass is 300 g/mol. The highest BCUT2D eigenvalue weighted by molar-refractivity contribution is 6.48. The summed E-state index contributed by atoms with van der Waals surface area (Å²) in [4.78, 5) is 0. The normalized spacial score (nSPS) is 33.6. The van der Waals surface area contributed by atoms with E-state index in [2.05, 4.69) is 30.3 Å². The Morgan fingerprint density at radius 1 is 1.10 bits per heavy atom. The van der Waals surface area contributed by atoms with Gasteiger partial charge in [0, 0.05) is 19.8 Å². The van der Waals surface area contributed by atoms with Gasteiger partial charge in [-0.1, -0.05) is 35.9 Å². The molecule has 2 saturated carbocycles. The van der Waals surface area contributed by atoms with Crippen molar-refractivity contribution in [2.45, 2.75) is 37.6 Å². The van der Waals surface area contributed by atoms with Gasteiger partial charge in [0.25, 0.3) is 0 Å². The van der Waals surface area contributed by atoms with Crippen molar-refractivity contribution in [3.8, 4) is 0 Å². The molecule has 21 heavy (non-hydrogen) atoms. The van der Waals surface area contributed by atoms with Gasteiger partial charge < -0.3 is 8.85 Å². The summed E-state index contributed by atoms with van der Waals surface area (Å²) in [7, 11) is 1.94. The summed E-state index contributed by atoms with van der Waals surface area (Å²) in [6, 6.07) is 8.84. The molecule has 0 aliphatic heterocycles. The number of allylic oxidation sites excluding steroid dienone is 1. The lowest BCUT2D eigenvalue weighted by molar-refractivity contribution is 0.262. The number of benzene rings is 1. The van der Waals surface area contributed by atoms with Gasteiger partial charge >= 0.3 is 9.28 Å². The molecule has 0 aromatic heterocycles. The molecular weight excluding hydrogens is 276 g/mol. The van der Waals surface area contributed by atoms with Crippen LogP contribution in [0.4, 0.5) is 0 Å². The number of hydrogen-bond acceptors (Lipinski definition) is 2. The largest absolute Gasteiger partial charge is 0.399 e. The topological polar surface area (TPSA) is 18.5 Å². The van der Waals surface area contributed by atoms with Crippen molar-refractivity contribution in [1.29, 1.82) is 0 Å². The van der Waals surface area contributed by atoms with Crippen LogP contribution in [-0.2, 0) is 8.85 Å². The van der Waals surface area contributed by atoms with E-state index in [9.17, 15) is 0 Å². The second kappa shape index (κ2) is 5.08. The van der Waals surface area contributed by atoms with Crippen LogP contribution in [0, 0.1) is 11.3 Å². The van der Waals surface area contributed by atoms with Crippen LogP contribution in [-0.4, -0.2) is 23.5 Å². The molecule has 3 aliphatic carbocycles. The Kier molecular flexibility index (Phi) is 3.32. The zero-order valence-corrected chi connectivity index (χ0v) is 14.1. The van der Waals surface area contributed by atoms with Gasteiger partial charge in [-0.05, 0) is 54.6 Å². The zero-order valence-electron chi connectivity index (χ0n) is 13.0. The predicted molar refractivity (Wildman–Crippen MR) is 87.3 cm³/mol. The molecule has 0 radical (unpaired) electrons. The molecule has 2 nitrogen and oxygen atoms in total. The minimum atomic E-state index is -1.70. The first kappa shape index (κ1) is 13.7. The fourth-order valence-corrected chi connectivity index (χ4v) is 7.17. The minimum absolute atomic E-state index is 0.410. The summed E-state index contributed by atoms with van der Waals surface area (Å²) in [5.41, 5.74) is 5.35. The van der Waals surface area contributed by atoms with Crippen LogP contribution >= 0.6 is 0 Å². The lowest BCUT2D eigenvalue weighted by Gasteiger charge is -2.34. The molecule has 1 atom stereocenters. The molecule has 1 aromatic carbocycles. The van der Waals surface area contributed by atoms with E-state index in [0.29, 0.717) is 11.0 Å². The van der Waals surface area contributed by atoms with Gasteiger partial charge in [-0.2, -0.15) is 0 Å². The maximum Gasteiger partial charge on any atom is 0.332 e. The molecule has 4 rings (SSSR count). The van der Waals surface area contributed by atoms with Crippen LogP contribution in [0.1, 0.15) is 48.8 Å². The van der Waals surface area contributed by atoms with Gasteiger partial charge in [0.2, 0.25) is 0 Å². The van der Waals surface area contributed by atoms with Gasteiger partial charge in [0.15, 0.2) is 0 Å². The molecule has 3 aliphatic rings. The number of hydrogen-bond donors (Lipinski definition) is 0. The lowest BCUT2D eigenvalue weighted by atomic mass is 9.76. The average Bonchev–Trinajstić information content (AvgIpc) is 3.21. The van der Waals surface area contributed by atoms with E-state index < -0.39 is 9.28 Å². The molecule has 0 spiro atoms. The molecule has 0 saturated heterocycles. The number of fused-ring (bicyclic) bond motifs is 3. The lowest BCUT2D eigenvalue weighted by Crippen LogP contribution is -2.33. The van der Waals surface area contributed by atoms with E-state index in [-0.39, 0.29) is 0 Å². The molecule has 2 fully saturated rings. The summed E-state index contributed by atoms with van der Waals surface area (Å²) in [6.45, 7) is 0. The van der Waals surface area contributed by atoms with Gasteiger partial charge in [0.05, 0.1) is 0 Å². The Balaban J connectivity index is 1.79. The first-order chi connectivity index (χ1) is 10.3. The fraction of sp³-hybridized carbons (Fsp3) is 0.556. The average molecular weight is 300 g/mol. The van der Waals surface area contributed by atoms with Crippen molar-refractivity contribution in [2.75, 3.05) is 14.2 Å². The summed E-state index contributed by atoms with van der Waals surface area (Å²) < 4.78 is 11.6. The first-order valence-corrected chi connectivity index (χ1v) is 9.75. The van der Waals surface area contributed by atoms with E-state index >= 15 is 0 Å². The van der Waals surface area contributed by atoms with Crippen molar-refractivity contribution in [2.24, 2.45) is 11.3 Å². The highest BCUT2D eigenvalue weighted by Crippen LogP contribution is 2.62. The summed E-state index contributed by atoms with van der Waals surface area (Å²) in [6.07, 6.45) is 9.48. The maximum absolute atomic E-state index is 5.81. The Morgan fingerprint density at radius 2 is 1.81 bits per heavy atom. The second-order valence-electron chi connectivity index (χ2n) is 6.97. The predicted octanol–water partition coefficient (Wildman–Crippen LogP) is 3.80. The van der Waals surface area contributed by atoms with Crippen LogP contribution in [0.5, 0.6) is 0 Å². The van der Waals surface area contributed by atoms with Gasteiger partial charge in [-0.3, -0.25) is 0 Å². The van der Waals surface area contributed by atoms with E-state index in [1.165, 1.54) is 43.2 Å². The van der Waals surface area contributed by atoms with Crippen molar-refractivity contribution < 1.29 is 8.85 Å². The van der Waals surface area contributed by atoms with Crippen LogP contribution in [0.15, 0.2) is 29.8 Å². The summed E-state index contributed by atoms with van der Waals surface area (Å²) in [5, 5.41) is 0. The van der Waals surface area contributed by atoms with Crippen LogP contribution in [0.25, 0.3) is 6.08 Å². The smallest absolute Gasteiger partial charge is 0.332 e. The Bertz CT molecular complexity index is 568. The summed E-state index contributed by atoms with van der Waals surface area (Å²) in [5.74, 6) is 0.973. The number of rotatable bonds is 4. The molecule has 1 aromatic rings. The third-order valence-electron chi connectivity index (χ3n) is 6.07. The Morgan fingerprint density at radius 3 is 2.43 bits per heavy atom. The van der Waals surface area contributed by atoms with Crippen molar-refractivity contribution in [3.05, 3.63) is 41.0 Å². The molecule has 2 bridgehead atoms. The highest BCUT2D eigenvalue weighted by atomic mass is 28.3. The van der Waals surface area contributed by atoms with Gasteiger partial charge in [0.1, 0.15) is 0 Å². The fourth-order valence-electron chi connectivity index (χ4n) is 5.09. The third-order valence-corrected chi connectivity index (χ3v) is 8.26. The van der Waals surface area contributed by atoms with E-state index in [4.69, 9.17) is 8.85 Å².